The van der Waals surface area contributed by atoms with Gasteiger partial charge in [-0.3, -0.25) is 4.79 Å². The number of methoxy groups -OCH3 is 1. The molecule has 108 valence electrons. The number of benzene rings is 1. The molecule has 2 N–H and O–H groups in total. The van der Waals surface area contributed by atoms with Crippen molar-refractivity contribution in [2.75, 3.05) is 12.4 Å². The third kappa shape index (κ3) is 3.21. The highest BCUT2D eigenvalue weighted by Crippen LogP contribution is 2.13. The fourth-order valence-corrected chi connectivity index (χ4v) is 1.52. The van der Waals surface area contributed by atoms with Crippen LogP contribution in [0, 0.1) is 10.1 Å². The lowest BCUT2D eigenvalue weighted by Gasteiger charge is -2.03. The number of nitrogens with zero attached hydrogens (tertiary/aromatic N) is 2. The van der Waals surface area contributed by atoms with E-state index < -0.39 is 16.8 Å². The van der Waals surface area contributed by atoms with Gasteiger partial charge in [-0.15, -0.1) is 5.10 Å². The van der Waals surface area contributed by atoms with Gasteiger partial charge in [0.2, 0.25) is 0 Å². The first-order valence-electron chi connectivity index (χ1n) is 5.71. The Bertz CT molecular complexity index is 692. The van der Waals surface area contributed by atoms with Crippen molar-refractivity contribution in [2.24, 2.45) is 0 Å². The number of nitro groups is 1. The van der Waals surface area contributed by atoms with Gasteiger partial charge in [0.25, 0.3) is 5.91 Å². The van der Waals surface area contributed by atoms with Gasteiger partial charge in [-0.05, 0) is 29.2 Å². The molecule has 1 amide bonds. The van der Waals surface area contributed by atoms with Gasteiger partial charge in [-0.1, -0.05) is 5.10 Å². The van der Waals surface area contributed by atoms with Gasteiger partial charge in [0.05, 0.1) is 18.7 Å². The quantitative estimate of drug-likeness (QED) is 0.497. The van der Waals surface area contributed by atoms with Gasteiger partial charge in [-0.2, -0.15) is 0 Å². The molecule has 21 heavy (non-hydrogen) atoms. The van der Waals surface area contributed by atoms with Crippen molar-refractivity contribution in [3.63, 3.8) is 0 Å². The van der Waals surface area contributed by atoms with E-state index in [4.69, 9.17) is 0 Å². The van der Waals surface area contributed by atoms with E-state index >= 15 is 0 Å². The summed E-state index contributed by atoms with van der Waals surface area (Å²) >= 11 is 0. The lowest BCUT2D eigenvalue weighted by Crippen LogP contribution is -2.12. The summed E-state index contributed by atoms with van der Waals surface area (Å²) in [6, 6.07) is 7.00. The predicted octanol–water partition coefficient (Wildman–Crippen LogP) is 1.36. The molecular formula is C12H10N4O5. The molecule has 0 atom stereocenters. The van der Waals surface area contributed by atoms with Crippen LogP contribution in [0.2, 0.25) is 0 Å². The molecule has 9 nitrogen and oxygen atoms in total. The van der Waals surface area contributed by atoms with Crippen molar-refractivity contribution in [1.29, 1.82) is 0 Å². The molecule has 2 aromatic rings. The maximum absolute atomic E-state index is 11.8. The number of rotatable bonds is 4. The number of aromatic amines is 1. The molecule has 0 fully saturated rings. The number of nitrogens with one attached hydrogen (secondary N) is 2. The highest BCUT2D eigenvalue weighted by atomic mass is 16.6. The Hall–Kier alpha value is -3.23. The van der Waals surface area contributed by atoms with Crippen LogP contribution in [-0.4, -0.2) is 34.1 Å². The van der Waals surface area contributed by atoms with E-state index in [1.165, 1.54) is 31.4 Å². The highest BCUT2D eigenvalue weighted by Gasteiger charge is 2.16. The zero-order valence-corrected chi connectivity index (χ0v) is 10.8. The van der Waals surface area contributed by atoms with Crippen molar-refractivity contribution in [3.05, 3.63) is 51.7 Å². The normalized spacial score (nSPS) is 9.95. The van der Waals surface area contributed by atoms with E-state index in [2.05, 4.69) is 20.3 Å². The number of carbonyl (C=O) groups is 2. The largest absolute Gasteiger partial charge is 0.465 e. The molecule has 0 aliphatic heterocycles. The third-order valence-electron chi connectivity index (χ3n) is 2.56. The van der Waals surface area contributed by atoms with Crippen LogP contribution in [0.15, 0.2) is 30.3 Å². The number of aromatic nitrogens is 2. The Morgan fingerprint density at radius 3 is 2.52 bits per heavy atom. The fourth-order valence-electron chi connectivity index (χ4n) is 1.52. The van der Waals surface area contributed by atoms with Crippen LogP contribution in [0.5, 0.6) is 0 Å². The average Bonchev–Trinajstić information content (AvgIpc) is 2.97. The first kappa shape index (κ1) is 14.2. The molecule has 1 heterocycles. The Morgan fingerprint density at radius 1 is 1.33 bits per heavy atom. The van der Waals surface area contributed by atoms with Gasteiger partial charge in [0, 0.05) is 5.69 Å². The van der Waals surface area contributed by atoms with Crippen LogP contribution >= 0.6 is 0 Å². The van der Waals surface area contributed by atoms with Crippen molar-refractivity contribution < 1.29 is 19.2 Å². The number of hydrogen-bond acceptors (Lipinski definition) is 6. The second-order valence-corrected chi connectivity index (χ2v) is 3.92. The van der Waals surface area contributed by atoms with Crippen LogP contribution in [0.4, 0.5) is 11.5 Å². The van der Waals surface area contributed by atoms with E-state index in [1.807, 2.05) is 0 Å². The zero-order valence-electron chi connectivity index (χ0n) is 10.8. The topological polar surface area (TPSA) is 127 Å². The van der Waals surface area contributed by atoms with Crippen molar-refractivity contribution >= 4 is 23.4 Å². The summed E-state index contributed by atoms with van der Waals surface area (Å²) < 4.78 is 4.55. The Balaban J connectivity index is 2.08. The Kier molecular flexibility index (Phi) is 3.93. The Morgan fingerprint density at radius 2 is 2.00 bits per heavy atom. The van der Waals surface area contributed by atoms with Gasteiger partial charge in [-0.25, -0.2) is 4.79 Å². The van der Waals surface area contributed by atoms with E-state index in [1.54, 1.807) is 0 Å². The van der Waals surface area contributed by atoms with Crippen molar-refractivity contribution in [3.8, 4) is 0 Å². The maximum atomic E-state index is 11.8. The van der Waals surface area contributed by atoms with E-state index in [-0.39, 0.29) is 11.5 Å². The number of ether oxygens (including phenoxy) is 1. The highest BCUT2D eigenvalue weighted by molar-refractivity contribution is 6.03. The zero-order chi connectivity index (χ0) is 15.4. The standard InChI is InChI=1S/C12H10N4O5/c1-21-12(18)7-2-4-8(5-3-7)13-11(17)9-6-10(15-14-9)16(19)20/h2-6H,1H3,(H,13,17)(H,14,15). The van der Waals surface area contributed by atoms with Gasteiger partial charge < -0.3 is 20.2 Å². The van der Waals surface area contributed by atoms with Gasteiger partial charge in [0.15, 0.2) is 5.69 Å². The monoisotopic (exact) mass is 290 g/mol. The summed E-state index contributed by atoms with van der Waals surface area (Å²) in [4.78, 5) is 32.9. The molecule has 0 saturated heterocycles. The molecule has 0 saturated carbocycles. The Labute approximate surface area is 118 Å². The number of anilines is 1. The number of carbonyl (C=O) groups excluding carboxylic acids is 2. The lowest BCUT2D eigenvalue weighted by molar-refractivity contribution is -0.389. The minimum atomic E-state index is -0.686. The van der Waals surface area contributed by atoms with Crippen molar-refractivity contribution in [2.45, 2.75) is 0 Å². The van der Waals surface area contributed by atoms with E-state index in [9.17, 15) is 19.7 Å². The number of hydrogen-bond donors (Lipinski definition) is 2. The fraction of sp³-hybridized carbons (Fsp3) is 0.0833. The van der Waals surface area contributed by atoms with Crippen LogP contribution in [0.3, 0.4) is 0 Å². The first-order valence-corrected chi connectivity index (χ1v) is 5.71. The maximum Gasteiger partial charge on any atom is 0.343 e. The van der Waals surface area contributed by atoms with Crippen molar-refractivity contribution in [1.82, 2.24) is 10.2 Å². The molecule has 1 aromatic heterocycles. The molecule has 9 heteroatoms. The predicted molar refractivity (Wildman–Crippen MR) is 71.0 cm³/mol. The molecule has 2 rings (SSSR count). The summed E-state index contributed by atoms with van der Waals surface area (Å²) in [5.41, 5.74) is 0.642. The minimum absolute atomic E-state index is 0.112. The molecule has 0 bridgehead atoms. The first-order chi connectivity index (χ1) is 10.0. The second kappa shape index (κ2) is 5.82. The third-order valence-corrected chi connectivity index (χ3v) is 2.56. The molecule has 0 unspecified atom stereocenters. The summed E-state index contributed by atoms with van der Waals surface area (Å²) in [6.45, 7) is 0. The van der Waals surface area contributed by atoms with Crippen LogP contribution in [0.1, 0.15) is 20.8 Å². The average molecular weight is 290 g/mol. The summed E-state index contributed by atoms with van der Waals surface area (Å²) in [7, 11) is 1.27. The van der Waals surface area contributed by atoms with E-state index in [0.717, 1.165) is 6.07 Å². The summed E-state index contributed by atoms with van der Waals surface area (Å²) in [5, 5.41) is 18.7. The summed E-state index contributed by atoms with van der Waals surface area (Å²) in [6.07, 6.45) is 0. The molecular weight excluding hydrogens is 280 g/mol. The second-order valence-electron chi connectivity index (χ2n) is 3.92. The number of esters is 1. The summed E-state index contributed by atoms with van der Waals surface area (Å²) in [5.74, 6) is -1.47. The van der Waals surface area contributed by atoms with E-state index in [0.29, 0.717) is 11.3 Å². The molecule has 0 aliphatic carbocycles. The minimum Gasteiger partial charge on any atom is -0.465 e. The van der Waals surface area contributed by atoms with Crippen LogP contribution in [0.25, 0.3) is 0 Å². The number of amides is 1. The van der Waals surface area contributed by atoms with Gasteiger partial charge in [0.1, 0.15) is 0 Å². The SMILES string of the molecule is COC(=O)c1ccc(NC(=O)c2cc([N+](=O)[O-])[nH]n2)cc1. The lowest BCUT2D eigenvalue weighted by atomic mass is 10.2. The smallest absolute Gasteiger partial charge is 0.343 e. The molecule has 1 aromatic carbocycles. The van der Waals surface area contributed by atoms with Gasteiger partial charge >= 0.3 is 11.8 Å². The molecule has 0 radical (unpaired) electrons. The number of H-pyrrole nitrogens is 1. The molecule has 0 spiro atoms. The van der Waals surface area contributed by atoms with Crippen LogP contribution < -0.4 is 5.32 Å². The van der Waals surface area contributed by atoms with Crippen LogP contribution in [-0.2, 0) is 4.74 Å². The molecule has 0 aliphatic rings.